The van der Waals surface area contributed by atoms with Gasteiger partial charge in [0.15, 0.2) is 12.1 Å². The highest BCUT2D eigenvalue weighted by atomic mass is 79.9. The van der Waals surface area contributed by atoms with Gasteiger partial charge in [-0.25, -0.2) is 4.79 Å². The van der Waals surface area contributed by atoms with E-state index in [2.05, 4.69) is 5.32 Å². The van der Waals surface area contributed by atoms with Gasteiger partial charge in [-0.2, -0.15) is 0 Å². The lowest BCUT2D eigenvalue weighted by atomic mass is 9.82. The summed E-state index contributed by atoms with van der Waals surface area (Å²) in [6, 6.07) is 24.3. The number of benzene rings is 3. The summed E-state index contributed by atoms with van der Waals surface area (Å²) in [7, 11) is 0. The first-order chi connectivity index (χ1) is 17.9. The average molecular weight is 580 g/mol. The Morgan fingerprint density at radius 2 is 1.55 bits per heavy atom. The number of anilines is 1. The van der Waals surface area contributed by atoms with Crippen molar-refractivity contribution in [3.05, 3.63) is 106 Å². The maximum atomic E-state index is 13.5. The third-order valence-corrected chi connectivity index (χ3v) is 7.64. The number of nitrogens with zero attached hydrogens (tertiary/aromatic N) is 2. The maximum absolute atomic E-state index is 13.5. The number of hydrogen-bond donors (Lipinski definition) is 1. The van der Waals surface area contributed by atoms with Crippen molar-refractivity contribution in [3.63, 3.8) is 0 Å². The molecule has 0 radical (unpaired) electrons. The van der Waals surface area contributed by atoms with Crippen molar-refractivity contribution in [1.82, 2.24) is 0 Å². The number of nitro benzene ring substituents is 1. The van der Waals surface area contributed by atoms with Crippen LogP contribution >= 0.6 is 0 Å². The monoisotopic (exact) mass is 579 g/mol. The van der Waals surface area contributed by atoms with E-state index in [9.17, 15) is 19.7 Å². The fourth-order valence-electron chi connectivity index (χ4n) is 5.58. The lowest BCUT2D eigenvalue weighted by Crippen LogP contribution is -3.00. The Labute approximate surface area is 232 Å². The molecular formula is C29H30BrN3O5. The third-order valence-electron chi connectivity index (χ3n) is 7.64. The minimum Gasteiger partial charge on any atom is -1.00 e. The molecule has 2 atom stereocenters. The van der Waals surface area contributed by atoms with Gasteiger partial charge in [-0.1, -0.05) is 48.5 Å². The largest absolute Gasteiger partial charge is 1.00 e. The Kier molecular flexibility index (Phi) is 8.58. The number of ether oxygens (including phenoxy) is 1. The summed E-state index contributed by atoms with van der Waals surface area (Å²) >= 11 is 0. The summed E-state index contributed by atoms with van der Waals surface area (Å²) in [4.78, 5) is 37.1. The average Bonchev–Trinajstić information content (AvgIpc) is 2.93. The van der Waals surface area contributed by atoms with Crippen LogP contribution in [0.25, 0.3) is 0 Å². The molecule has 0 aromatic heterocycles. The minimum atomic E-state index is -0.644. The maximum Gasteiger partial charge on any atom is 0.333 e. The molecule has 3 saturated heterocycles. The highest BCUT2D eigenvalue weighted by Gasteiger charge is 2.49. The number of carbonyl (C=O) groups excluding carboxylic acids is 2. The van der Waals surface area contributed by atoms with Crippen molar-refractivity contribution in [2.45, 2.75) is 25.0 Å². The number of carbonyl (C=O) groups is 2. The highest BCUT2D eigenvalue weighted by molar-refractivity contribution is 5.97. The van der Waals surface area contributed by atoms with Gasteiger partial charge in [-0.3, -0.25) is 14.9 Å². The first-order valence-electron chi connectivity index (χ1n) is 12.6. The summed E-state index contributed by atoms with van der Waals surface area (Å²) in [6.45, 7) is 2.62. The fraction of sp³-hybridized carbons (Fsp3) is 0.310. The summed E-state index contributed by atoms with van der Waals surface area (Å²) in [6.07, 6.45) is 1.53. The predicted molar refractivity (Wildman–Crippen MR) is 139 cm³/mol. The second-order valence-electron chi connectivity index (χ2n) is 10.0. The summed E-state index contributed by atoms with van der Waals surface area (Å²) < 4.78 is 6.74. The number of halogens is 1. The Morgan fingerprint density at radius 3 is 2.16 bits per heavy atom. The lowest BCUT2D eigenvalue weighted by Gasteiger charge is -2.51. The Balaban J connectivity index is 0.00000336. The zero-order valence-corrected chi connectivity index (χ0v) is 22.5. The Morgan fingerprint density at radius 1 is 0.947 bits per heavy atom. The van der Waals surface area contributed by atoms with Crippen LogP contribution in [0.4, 0.5) is 11.4 Å². The van der Waals surface area contributed by atoms with Crippen LogP contribution in [0.1, 0.15) is 34.8 Å². The number of quaternary nitrogens is 1. The number of esters is 1. The summed E-state index contributed by atoms with van der Waals surface area (Å²) in [5.74, 6) is -0.0894. The van der Waals surface area contributed by atoms with Crippen molar-refractivity contribution in [2.75, 3.05) is 31.5 Å². The first kappa shape index (κ1) is 27.5. The van der Waals surface area contributed by atoms with Gasteiger partial charge < -0.3 is 31.5 Å². The molecule has 1 unspecified atom stereocenters. The number of non-ortho nitro benzene ring substituents is 1. The van der Waals surface area contributed by atoms with E-state index in [4.69, 9.17) is 4.74 Å². The zero-order valence-electron chi connectivity index (χ0n) is 20.9. The Hall–Kier alpha value is -3.56. The van der Waals surface area contributed by atoms with Crippen LogP contribution in [0.2, 0.25) is 0 Å². The number of para-hydroxylation sites is 1. The summed E-state index contributed by atoms with van der Waals surface area (Å²) in [5.41, 5.74) is 2.09. The molecule has 2 bridgehead atoms. The van der Waals surface area contributed by atoms with Gasteiger partial charge in [-0.05, 0) is 29.8 Å². The molecule has 3 aliphatic heterocycles. The molecule has 0 amide bonds. The standard InChI is InChI=1S/C29H30N3O5.BrH/c33-26(21-11-13-25(14-12-21)31(35)36)19-32-17-15-22(16-18-32)27(20-32)37-29(34)28(23-7-3-1-4-8-23)30-24-9-5-2-6-10-24;/h1-14,22,27-28,30H,15-20H2;1H/q+1;/p-1/t22?,27-,28?,32?;/m0./s1. The smallest absolute Gasteiger partial charge is 0.333 e. The van der Waals surface area contributed by atoms with Gasteiger partial charge in [0.05, 0.1) is 18.0 Å². The van der Waals surface area contributed by atoms with Gasteiger partial charge >= 0.3 is 5.97 Å². The van der Waals surface area contributed by atoms with Gasteiger partial charge in [-0.15, -0.1) is 0 Å². The number of fused-ring (bicyclic) bond motifs is 3. The zero-order chi connectivity index (χ0) is 25.8. The molecule has 9 heteroatoms. The fourth-order valence-corrected chi connectivity index (χ4v) is 5.58. The van der Waals surface area contributed by atoms with E-state index < -0.39 is 11.0 Å². The quantitative estimate of drug-likeness (QED) is 0.136. The topological polar surface area (TPSA) is 98.5 Å². The van der Waals surface area contributed by atoms with Gasteiger partial charge in [0, 0.05) is 42.1 Å². The highest BCUT2D eigenvalue weighted by Crippen LogP contribution is 2.37. The molecule has 0 spiro atoms. The SMILES string of the molecule is O=C(C[N+]12CCC(CC1)[C@@H](OC(=O)C(Nc1ccccc1)c1ccccc1)C2)c1ccc([N+](=O)[O-])cc1.[Br-]. The number of rotatable bonds is 9. The molecule has 1 N–H and O–H groups in total. The van der Waals surface area contributed by atoms with Crippen LogP contribution < -0.4 is 22.3 Å². The number of Topliss-reactive ketones (excluding diaryl/α,β-unsaturated/α-hetero) is 1. The number of hydrogen-bond acceptors (Lipinski definition) is 6. The minimum absolute atomic E-state index is 0. The molecule has 3 aliphatic rings. The number of ketones is 1. The Bertz CT molecular complexity index is 1260. The van der Waals surface area contributed by atoms with Crippen LogP contribution in [0.3, 0.4) is 0 Å². The van der Waals surface area contributed by atoms with E-state index >= 15 is 0 Å². The lowest BCUT2D eigenvalue weighted by molar-refractivity contribution is -0.938. The molecule has 3 fully saturated rings. The van der Waals surface area contributed by atoms with E-state index in [0.717, 1.165) is 37.2 Å². The van der Waals surface area contributed by atoms with Crippen molar-refractivity contribution < 1.29 is 40.7 Å². The van der Waals surface area contributed by atoms with Crippen LogP contribution in [0.5, 0.6) is 0 Å². The second kappa shape index (κ2) is 11.9. The predicted octanol–water partition coefficient (Wildman–Crippen LogP) is 1.79. The molecular weight excluding hydrogens is 550 g/mol. The van der Waals surface area contributed by atoms with E-state index in [1.807, 2.05) is 60.7 Å². The van der Waals surface area contributed by atoms with Crippen LogP contribution in [0, 0.1) is 16.0 Å². The molecule has 198 valence electrons. The van der Waals surface area contributed by atoms with Gasteiger partial charge in [0.2, 0.25) is 5.78 Å². The molecule has 38 heavy (non-hydrogen) atoms. The molecule has 0 aliphatic carbocycles. The van der Waals surface area contributed by atoms with Crippen LogP contribution in [-0.4, -0.2) is 53.4 Å². The molecule has 6 rings (SSSR count). The van der Waals surface area contributed by atoms with E-state index in [0.29, 0.717) is 23.1 Å². The van der Waals surface area contributed by atoms with Crippen LogP contribution in [-0.2, 0) is 9.53 Å². The van der Waals surface area contributed by atoms with Crippen molar-refractivity contribution in [2.24, 2.45) is 5.92 Å². The summed E-state index contributed by atoms with van der Waals surface area (Å²) in [5, 5.41) is 14.3. The molecule has 3 aromatic rings. The van der Waals surface area contributed by atoms with Gasteiger partial charge in [0.25, 0.3) is 5.69 Å². The second-order valence-corrected chi connectivity index (χ2v) is 10.0. The van der Waals surface area contributed by atoms with Crippen molar-refractivity contribution in [3.8, 4) is 0 Å². The first-order valence-corrected chi connectivity index (χ1v) is 12.6. The van der Waals surface area contributed by atoms with Crippen molar-refractivity contribution >= 4 is 23.1 Å². The molecule has 3 heterocycles. The van der Waals surface area contributed by atoms with E-state index in [-0.39, 0.29) is 46.4 Å². The van der Waals surface area contributed by atoms with E-state index in [1.54, 1.807) is 0 Å². The van der Waals surface area contributed by atoms with Crippen LogP contribution in [0.15, 0.2) is 84.9 Å². The molecule has 3 aromatic carbocycles. The molecule has 0 saturated carbocycles. The number of nitro groups is 1. The van der Waals surface area contributed by atoms with Gasteiger partial charge in [0.1, 0.15) is 13.1 Å². The number of nitrogens with one attached hydrogen (secondary N) is 1. The van der Waals surface area contributed by atoms with Crippen molar-refractivity contribution in [1.29, 1.82) is 0 Å². The molecule has 8 nitrogen and oxygen atoms in total. The normalized spacial score (nSPS) is 22.5. The van der Waals surface area contributed by atoms with E-state index in [1.165, 1.54) is 24.3 Å². The third kappa shape index (κ3) is 6.11. The number of piperidine rings is 3.